The first-order chi connectivity index (χ1) is 20.3. The van der Waals surface area contributed by atoms with Crippen LogP contribution in [0.15, 0.2) is 97.1 Å². The molecule has 0 bridgehead atoms. The highest BCUT2D eigenvalue weighted by Crippen LogP contribution is 2.29. The molecular weight excluding hydrogens is 579 g/mol. The second-order valence-electron chi connectivity index (χ2n) is 9.82. The summed E-state index contributed by atoms with van der Waals surface area (Å²) in [6.45, 7) is 3.91. The molecule has 3 aromatic carbocycles. The zero-order valence-electron chi connectivity index (χ0n) is 22.8. The van der Waals surface area contributed by atoms with E-state index >= 15 is 0 Å². The van der Waals surface area contributed by atoms with Crippen molar-refractivity contribution in [2.75, 3.05) is 12.5 Å². The maximum Gasteiger partial charge on any atom is 0.330 e. The van der Waals surface area contributed by atoms with Crippen molar-refractivity contribution in [1.29, 1.82) is 0 Å². The zero-order chi connectivity index (χ0) is 30.1. The fourth-order valence-corrected chi connectivity index (χ4v) is 5.02. The summed E-state index contributed by atoms with van der Waals surface area (Å²) >= 11 is 12.0. The number of nitrogens with one attached hydrogen (secondary N) is 1. The van der Waals surface area contributed by atoms with Crippen LogP contribution in [0.25, 0.3) is 0 Å². The van der Waals surface area contributed by atoms with Crippen LogP contribution in [0.4, 0.5) is 0 Å². The number of ether oxygens (including phenoxy) is 2. The number of hydrogen-bond acceptors (Lipinski definition) is 5. The van der Waals surface area contributed by atoms with Crippen molar-refractivity contribution in [3.8, 4) is 5.75 Å². The van der Waals surface area contributed by atoms with Gasteiger partial charge in [-0.15, -0.1) is 11.6 Å². The summed E-state index contributed by atoms with van der Waals surface area (Å²) in [5.74, 6) is -1.54. The fourth-order valence-electron chi connectivity index (χ4n) is 4.65. The van der Waals surface area contributed by atoms with Gasteiger partial charge in [-0.05, 0) is 40.8 Å². The van der Waals surface area contributed by atoms with Gasteiger partial charge in [-0.2, -0.15) is 0 Å². The topological polar surface area (TPSA) is 105 Å². The van der Waals surface area contributed by atoms with Gasteiger partial charge in [-0.1, -0.05) is 91.0 Å². The summed E-state index contributed by atoms with van der Waals surface area (Å²) in [6, 6.07) is 26.5. The van der Waals surface area contributed by atoms with E-state index in [9.17, 15) is 19.5 Å². The lowest BCUT2D eigenvalue weighted by Gasteiger charge is -2.44. The van der Waals surface area contributed by atoms with E-state index in [1.54, 1.807) is 0 Å². The number of rotatable bonds is 15. The van der Waals surface area contributed by atoms with E-state index in [0.29, 0.717) is 6.42 Å². The van der Waals surface area contributed by atoms with Crippen LogP contribution in [-0.4, -0.2) is 58.0 Å². The normalized spacial score (nSPS) is 15.9. The quantitative estimate of drug-likeness (QED) is 0.138. The monoisotopic (exact) mass is 610 g/mol. The van der Waals surface area contributed by atoms with Crippen LogP contribution in [0.5, 0.6) is 5.75 Å². The predicted octanol–water partition coefficient (Wildman–Crippen LogP) is 5.29. The minimum atomic E-state index is -1.31. The van der Waals surface area contributed by atoms with Crippen LogP contribution in [0.3, 0.4) is 0 Å². The number of carbonyl (C=O) groups is 3. The Labute approximate surface area is 254 Å². The number of halogens is 2. The van der Waals surface area contributed by atoms with E-state index in [4.69, 9.17) is 32.7 Å². The van der Waals surface area contributed by atoms with Crippen LogP contribution >= 0.6 is 23.2 Å². The fraction of sp³-hybridized carbons (Fsp3) is 0.281. The molecule has 3 unspecified atom stereocenters. The minimum Gasteiger partial charge on any atom is -0.481 e. The lowest BCUT2D eigenvalue weighted by atomic mass is 10.0. The van der Waals surface area contributed by atoms with Crippen LogP contribution in [0, 0.1) is 0 Å². The molecule has 8 nitrogen and oxygen atoms in total. The van der Waals surface area contributed by atoms with E-state index in [1.165, 1.54) is 0 Å². The third-order valence-corrected chi connectivity index (χ3v) is 7.43. The van der Waals surface area contributed by atoms with Gasteiger partial charge in [0.15, 0.2) is 6.04 Å². The molecule has 1 heterocycles. The summed E-state index contributed by atoms with van der Waals surface area (Å²) in [4.78, 5) is 37.2. The lowest BCUT2D eigenvalue weighted by Crippen LogP contribution is -2.66. The van der Waals surface area contributed by atoms with Gasteiger partial charge in [0.2, 0.25) is 11.8 Å². The van der Waals surface area contributed by atoms with Crippen molar-refractivity contribution in [3.05, 3.63) is 114 Å². The molecule has 3 aromatic rings. The van der Waals surface area contributed by atoms with Crippen molar-refractivity contribution in [1.82, 2.24) is 10.2 Å². The van der Waals surface area contributed by atoms with Crippen LogP contribution < -0.4 is 10.1 Å². The first kappa shape index (κ1) is 31.1. The van der Waals surface area contributed by atoms with E-state index in [0.717, 1.165) is 27.3 Å². The summed E-state index contributed by atoms with van der Waals surface area (Å²) in [6.07, 6.45) is -0.641. The standard InChI is InChI=1S/C32H32Cl2N2O6/c1-21(20-33)30(32(39)40)36-27(19-29(36)38)35-28(37)18-26(34)41-17-16-22-12-14-25(15-13-22)42-31(23-8-4-2-5-9-23)24-10-6-3-7-11-24/h2-15,26-27,30-31H,1,16-20H2,(H,35,37)(H,39,40). The molecular formula is C32H32Cl2N2O6. The number of hydrogen-bond donors (Lipinski definition) is 2. The molecule has 0 aromatic heterocycles. The highest BCUT2D eigenvalue weighted by Gasteiger charge is 2.45. The highest BCUT2D eigenvalue weighted by molar-refractivity contribution is 6.20. The largest absolute Gasteiger partial charge is 0.481 e. The van der Waals surface area contributed by atoms with Crippen molar-refractivity contribution in [2.24, 2.45) is 0 Å². The van der Waals surface area contributed by atoms with E-state index in [1.807, 2.05) is 84.9 Å². The summed E-state index contributed by atoms with van der Waals surface area (Å²) in [5.41, 5.74) is 2.37. The summed E-state index contributed by atoms with van der Waals surface area (Å²) in [5, 5.41) is 12.1. The zero-order valence-corrected chi connectivity index (χ0v) is 24.3. The van der Waals surface area contributed by atoms with Crippen molar-refractivity contribution in [3.63, 3.8) is 0 Å². The lowest BCUT2D eigenvalue weighted by molar-refractivity contribution is -0.162. The molecule has 220 valence electrons. The van der Waals surface area contributed by atoms with Crippen LogP contribution in [0.2, 0.25) is 0 Å². The Morgan fingerprint density at radius 3 is 2.12 bits per heavy atom. The molecule has 4 rings (SSSR count). The third-order valence-electron chi connectivity index (χ3n) is 6.81. The number of benzene rings is 3. The molecule has 0 aliphatic carbocycles. The molecule has 2 N–H and O–H groups in total. The molecule has 3 atom stereocenters. The molecule has 0 radical (unpaired) electrons. The Morgan fingerprint density at radius 1 is 1.00 bits per heavy atom. The molecule has 0 saturated carbocycles. The first-order valence-corrected chi connectivity index (χ1v) is 14.4. The number of amides is 2. The van der Waals surface area contributed by atoms with Gasteiger partial charge in [-0.25, -0.2) is 4.79 Å². The Kier molecular flexibility index (Phi) is 11.0. The average Bonchev–Trinajstić information content (AvgIpc) is 2.99. The molecule has 1 aliphatic heterocycles. The molecule has 1 saturated heterocycles. The van der Waals surface area contributed by atoms with Crippen LogP contribution in [-0.2, 0) is 25.5 Å². The smallest absolute Gasteiger partial charge is 0.330 e. The van der Waals surface area contributed by atoms with Gasteiger partial charge in [0.25, 0.3) is 0 Å². The van der Waals surface area contributed by atoms with Gasteiger partial charge in [0, 0.05) is 5.88 Å². The van der Waals surface area contributed by atoms with E-state index in [-0.39, 0.29) is 37.0 Å². The van der Waals surface area contributed by atoms with Gasteiger partial charge in [0.05, 0.1) is 19.4 Å². The van der Waals surface area contributed by atoms with Crippen molar-refractivity contribution >= 4 is 41.0 Å². The van der Waals surface area contributed by atoms with E-state index < -0.39 is 35.6 Å². The molecule has 1 aliphatic rings. The number of alkyl halides is 2. The highest BCUT2D eigenvalue weighted by atomic mass is 35.5. The molecule has 10 heteroatoms. The summed E-state index contributed by atoms with van der Waals surface area (Å²) in [7, 11) is 0. The molecule has 42 heavy (non-hydrogen) atoms. The molecule has 0 spiro atoms. The number of nitrogens with zero attached hydrogens (tertiary/aromatic N) is 1. The Morgan fingerprint density at radius 2 is 1.60 bits per heavy atom. The van der Waals surface area contributed by atoms with Gasteiger partial charge in [-0.3, -0.25) is 9.59 Å². The predicted molar refractivity (Wildman–Crippen MR) is 160 cm³/mol. The minimum absolute atomic E-state index is 0.0178. The number of carbonyl (C=O) groups excluding carboxylic acids is 2. The average molecular weight is 612 g/mol. The summed E-state index contributed by atoms with van der Waals surface area (Å²) < 4.78 is 12.0. The van der Waals surface area contributed by atoms with E-state index in [2.05, 4.69) is 11.9 Å². The third kappa shape index (κ3) is 8.12. The second-order valence-corrected chi connectivity index (χ2v) is 10.6. The maximum absolute atomic E-state index is 12.5. The Bertz CT molecular complexity index is 1330. The van der Waals surface area contributed by atoms with Crippen LogP contribution in [0.1, 0.15) is 35.6 Å². The SMILES string of the molecule is C=C(CCl)C(C(=O)O)N1C(=O)CC1NC(=O)CC(Cl)OCCc1ccc(OC(c2ccccc2)c2ccccc2)cc1. The number of carboxylic acids is 1. The van der Waals surface area contributed by atoms with Gasteiger partial charge >= 0.3 is 5.97 Å². The molecule has 2 amide bonds. The first-order valence-electron chi connectivity index (χ1n) is 13.4. The Hall–Kier alpha value is -3.85. The van der Waals surface area contributed by atoms with Crippen molar-refractivity contribution < 1.29 is 29.0 Å². The maximum atomic E-state index is 12.5. The van der Waals surface area contributed by atoms with Gasteiger partial charge in [0.1, 0.15) is 23.6 Å². The number of aliphatic carboxylic acids is 1. The Balaban J connectivity index is 1.24. The number of carboxylic acid groups (broad SMARTS) is 1. The molecule has 1 fully saturated rings. The van der Waals surface area contributed by atoms with Crippen molar-refractivity contribution in [2.45, 2.75) is 43.1 Å². The van der Waals surface area contributed by atoms with Gasteiger partial charge < -0.3 is 24.8 Å². The second kappa shape index (κ2) is 14.9. The number of β-lactam (4-membered cyclic amide) rings is 1. The number of likely N-dealkylation sites (tertiary alicyclic amines) is 1.